The maximum atomic E-state index is 5.78. The highest BCUT2D eigenvalue weighted by Crippen LogP contribution is 2.18. The summed E-state index contributed by atoms with van der Waals surface area (Å²) < 4.78 is 5.16. The van der Waals surface area contributed by atoms with Gasteiger partial charge in [0.2, 0.25) is 0 Å². The zero-order valence-electron chi connectivity index (χ0n) is 11.9. The van der Waals surface area contributed by atoms with Crippen LogP contribution in [0.25, 0.3) is 0 Å². The summed E-state index contributed by atoms with van der Waals surface area (Å²) in [6.07, 6.45) is 0. The molecule has 3 heteroatoms. The molecule has 102 valence electrons. The number of methoxy groups -OCH3 is 1. The molecule has 0 aliphatic heterocycles. The van der Waals surface area contributed by atoms with Gasteiger partial charge in [0.15, 0.2) is 0 Å². The van der Waals surface area contributed by atoms with Gasteiger partial charge in [0, 0.05) is 6.04 Å². The molecule has 18 heavy (non-hydrogen) atoms. The van der Waals surface area contributed by atoms with Crippen LogP contribution in [0.1, 0.15) is 32.4 Å². The fourth-order valence-corrected chi connectivity index (χ4v) is 1.93. The smallest absolute Gasteiger partial charge is 0.118 e. The maximum Gasteiger partial charge on any atom is 0.118 e. The fourth-order valence-electron chi connectivity index (χ4n) is 1.93. The highest BCUT2D eigenvalue weighted by Gasteiger charge is 2.13. The number of benzene rings is 1. The Morgan fingerprint density at radius 2 is 1.78 bits per heavy atom. The molecule has 0 saturated carbocycles. The molecule has 0 aromatic heterocycles. The predicted molar refractivity (Wildman–Crippen MR) is 76.8 cm³/mol. The zero-order valence-corrected chi connectivity index (χ0v) is 11.9. The molecule has 0 radical (unpaired) electrons. The summed E-state index contributed by atoms with van der Waals surface area (Å²) >= 11 is 0. The molecule has 3 N–H and O–H groups in total. The molecule has 0 bridgehead atoms. The van der Waals surface area contributed by atoms with Crippen LogP contribution in [0.5, 0.6) is 5.75 Å². The summed E-state index contributed by atoms with van der Waals surface area (Å²) in [5.74, 6) is 2.05. The van der Waals surface area contributed by atoms with E-state index in [-0.39, 0.29) is 0 Å². The molecular formula is C15H26N2O. The Kier molecular flexibility index (Phi) is 6.16. The highest BCUT2D eigenvalue weighted by atomic mass is 16.5. The van der Waals surface area contributed by atoms with Crippen LogP contribution >= 0.6 is 0 Å². The Bertz CT molecular complexity index is 335. The third kappa shape index (κ3) is 4.31. The number of nitrogens with one attached hydrogen (secondary N) is 1. The van der Waals surface area contributed by atoms with E-state index in [1.54, 1.807) is 7.11 Å². The average molecular weight is 250 g/mol. The van der Waals surface area contributed by atoms with Crippen LogP contribution in [0, 0.1) is 11.8 Å². The Labute approximate surface area is 111 Å². The Hall–Kier alpha value is -1.06. The lowest BCUT2D eigenvalue weighted by Gasteiger charge is -2.22. The molecule has 1 aromatic rings. The topological polar surface area (TPSA) is 47.3 Å². The maximum absolute atomic E-state index is 5.78. The molecule has 2 atom stereocenters. The molecule has 0 spiro atoms. The van der Waals surface area contributed by atoms with Crippen molar-refractivity contribution in [3.05, 3.63) is 29.8 Å². The van der Waals surface area contributed by atoms with Gasteiger partial charge in [0.25, 0.3) is 0 Å². The van der Waals surface area contributed by atoms with Crippen LogP contribution in [-0.4, -0.2) is 20.2 Å². The Morgan fingerprint density at radius 3 is 2.22 bits per heavy atom. The predicted octanol–water partition coefficient (Wildman–Crippen LogP) is 2.58. The van der Waals surface area contributed by atoms with Crippen molar-refractivity contribution in [3.8, 4) is 5.75 Å². The van der Waals surface area contributed by atoms with Gasteiger partial charge in [-0.1, -0.05) is 26.0 Å². The van der Waals surface area contributed by atoms with Gasteiger partial charge in [0.1, 0.15) is 5.75 Å². The van der Waals surface area contributed by atoms with Gasteiger partial charge in [-0.25, -0.2) is 0 Å². The van der Waals surface area contributed by atoms with E-state index in [1.807, 2.05) is 12.1 Å². The van der Waals surface area contributed by atoms with Gasteiger partial charge in [-0.3, -0.25) is 0 Å². The first-order valence-electron chi connectivity index (χ1n) is 6.65. The minimum absolute atomic E-state index is 0.337. The van der Waals surface area contributed by atoms with E-state index in [1.165, 1.54) is 5.56 Å². The van der Waals surface area contributed by atoms with Gasteiger partial charge in [-0.05, 0) is 49.5 Å². The molecular weight excluding hydrogens is 224 g/mol. The molecule has 1 rings (SSSR count). The van der Waals surface area contributed by atoms with Crippen LogP contribution in [0.4, 0.5) is 0 Å². The molecule has 0 heterocycles. The molecule has 0 amide bonds. The van der Waals surface area contributed by atoms with Crippen LogP contribution in [0.15, 0.2) is 24.3 Å². The second-order valence-corrected chi connectivity index (χ2v) is 5.14. The Morgan fingerprint density at radius 1 is 1.17 bits per heavy atom. The highest BCUT2D eigenvalue weighted by molar-refractivity contribution is 5.28. The first-order valence-corrected chi connectivity index (χ1v) is 6.65. The molecule has 0 aliphatic rings. The zero-order chi connectivity index (χ0) is 13.5. The lowest BCUT2D eigenvalue weighted by atomic mass is 9.95. The van der Waals surface area contributed by atoms with Gasteiger partial charge in [-0.15, -0.1) is 0 Å². The van der Waals surface area contributed by atoms with E-state index in [9.17, 15) is 0 Å². The van der Waals surface area contributed by atoms with Crippen molar-refractivity contribution in [1.82, 2.24) is 5.32 Å². The van der Waals surface area contributed by atoms with E-state index < -0.39 is 0 Å². The van der Waals surface area contributed by atoms with Crippen LogP contribution in [0.3, 0.4) is 0 Å². The number of nitrogens with two attached hydrogens (primary N) is 1. The van der Waals surface area contributed by atoms with Crippen molar-refractivity contribution < 1.29 is 4.74 Å². The standard InChI is InChI=1S/C15H26N2O/c1-11(2)14(9-16)10-17-12(3)13-5-7-15(18-4)8-6-13/h5-8,11-12,14,17H,9-10,16H2,1-4H3. The summed E-state index contributed by atoms with van der Waals surface area (Å²) in [6, 6.07) is 8.53. The van der Waals surface area contributed by atoms with Gasteiger partial charge < -0.3 is 15.8 Å². The second-order valence-electron chi connectivity index (χ2n) is 5.14. The summed E-state index contributed by atoms with van der Waals surface area (Å²) in [6.45, 7) is 8.31. The molecule has 0 fully saturated rings. The normalized spacial score (nSPS) is 14.6. The fraction of sp³-hybridized carbons (Fsp3) is 0.600. The summed E-state index contributed by atoms with van der Waals surface area (Å²) in [5.41, 5.74) is 7.05. The molecule has 3 nitrogen and oxygen atoms in total. The number of hydrogen-bond acceptors (Lipinski definition) is 3. The summed E-state index contributed by atoms with van der Waals surface area (Å²) in [5, 5.41) is 3.55. The van der Waals surface area contributed by atoms with Crippen LogP contribution in [0.2, 0.25) is 0 Å². The van der Waals surface area contributed by atoms with E-state index in [4.69, 9.17) is 10.5 Å². The number of ether oxygens (including phenoxy) is 1. The van der Waals surface area contributed by atoms with E-state index in [0.29, 0.717) is 17.9 Å². The van der Waals surface area contributed by atoms with Crippen LogP contribution < -0.4 is 15.8 Å². The van der Waals surface area contributed by atoms with Crippen molar-refractivity contribution in [3.63, 3.8) is 0 Å². The number of hydrogen-bond donors (Lipinski definition) is 2. The third-order valence-electron chi connectivity index (χ3n) is 3.55. The molecule has 0 aliphatic carbocycles. The number of rotatable bonds is 7. The minimum Gasteiger partial charge on any atom is -0.497 e. The van der Waals surface area contributed by atoms with E-state index in [2.05, 4.69) is 38.2 Å². The van der Waals surface area contributed by atoms with Crippen molar-refractivity contribution in [1.29, 1.82) is 0 Å². The van der Waals surface area contributed by atoms with Gasteiger partial charge in [0.05, 0.1) is 7.11 Å². The molecule has 0 saturated heterocycles. The van der Waals surface area contributed by atoms with Crippen molar-refractivity contribution >= 4 is 0 Å². The largest absolute Gasteiger partial charge is 0.497 e. The van der Waals surface area contributed by atoms with Gasteiger partial charge >= 0.3 is 0 Å². The Balaban J connectivity index is 2.51. The quantitative estimate of drug-likeness (QED) is 0.782. The SMILES string of the molecule is COc1ccc(C(C)NCC(CN)C(C)C)cc1. The first-order chi connectivity index (χ1) is 8.58. The second kappa shape index (κ2) is 7.39. The molecule has 1 aromatic carbocycles. The average Bonchev–Trinajstić information content (AvgIpc) is 2.39. The lowest BCUT2D eigenvalue weighted by molar-refractivity contribution is 0.356. The minimum atomic E-state index is 0.337. The first kappa shape index (κ1) is 15.0. The third-order valence-corrected chi connectivity index (χ3v) is 3.55. The van der Waals surface area contributed by atoms with Crippen molar-refractivity contribution in [2.75, 3.05) is 20.2 Å². The monoisotopic (exact) mass is 250 g/mol. The van der Waals surface area contributed by atoms with E-state index in [0.717, 1.165) is 18.8 Å². The van der Waals surface area contributed by atoms with Crippen molar-refractivity contribution in [2.45, 2.75) is 26.8 Å². The lowest BCUT2D eigenvalue weighted by Crippen LogP contribution is -2.33. The molecule has 2 unspecified atom stereocenters. The van der Waals surface area contributed by atoms with E-state index >= 15 is 0 Å². The summed E-state index contributed by atoms with van der Waals surface area (Å²) in [7, 11) is 1.69. The summed E-state index contributed by atoms with van der Waals surface area (Å²) in [4.78, 5) is 0. The van der Waals surface area contributed by atoms with Crippen molar-refractivity contribution in [2.24, 2.45) is 17.6 Å². The van der Waals surface area contributed by atoms with Gasteiger partial charge in [-0.2, -0.15) is 0 Å². The van der Waals surface area contributed by atoms with Crippen LogP contribution in [-0.2, 0) is 0 Å².